The van der Waals surface area contributed by atoms with Gasteiger partial charge in [-0.3, -0.25) is 10.6 Å². The smallest absolute Gasteiger partial charge is 0.129 e. The van der Waals surface area contributed by atoms with Gasteiger partial charge in [0.2, 0.25) is 0 Å². The summed E-state index contributed by atoms with van der Waals surface area (Å²) in [5.41, 5.74) is 2.06. The number of halogens is 2. The Kier molecular flexibility index (Phi) is 3.69. The number of aromatic nitrogens is 1. The first-order valence-electron chi connectivity index (χ1n) is 6.45. The second-order valence-electron chi connectivity index (χ2n) is 5.11. The number of nitrogens with zero attached hydrogens (tertiary/aromatic N) is 1. The molecule has 5 heteroatoms. The summed E-state index contributed by atoms with van der Waals surface area (Å²) in [5.74, 6) is 0. The third-order valence-electron chi connectivity index (χ3n) is 3.87. The summed E-state index contributed by atoms with van der Waals surface area (Å²) in [7, 11) is 0. The molecule has 2 unspecified atom stereocenters. The van der Waals surface area contributed by atoms with E-state index in [9.17, 15) is 0 Å². The highest BCUT2D eigenvalue weighted by atomic mass is 35.5. The van der Waals surface area contributed by atoms with Crippen LogP contribution in [0.15, 0.2) is 42.6 Å². The molecule has 0 spiro atoms. The van der Waals surface area contributed by atoms with Crippen molar-refractivity contribution in [3.63, 3.8) is 0 Å². The minimum absolute atomic E-state index is 0.155. The van der Waals surface area contributed by atoms with Crippen molar-refractivity contribution >= 4 is 23.2 Å². The molecule has 1 aromatic carbocycles. The molecule has 20 heavy (non-hydrogen) atoms. The van der Waals surface area contributed by atoms with Crippen molar-refractivity contribution in [2.24, 2.45) is 0 Å². The molecular formula is C15H15Cl2N3. The molecule has 0 bridgehead atoms. The van der Waals surface area contributed by atoms with Crippen molar-refractivity contribution in [3.8, 4) is 0 Å². The number of pyridine rings is 1. The Bertz CT molecular complexity index is 598. The summed E-state index contributed by atoms with van der Waals surface area (Å²) in [6.45, 7) is 2.91. The Balaban J connectivity index is 1.98. The molecular weight excluding hydrogens is 293 g/mol. The first-order valence-corrected chi connectivity index (χ1v) is 7.21. The number of nitrogens with one attached hydrogen (secondary N) is 2. The van der Waals surface area contributed by atoms with Crippen LogP contribution in [0, 0.1) is 0 Å². The highest BCUT2D eigenvalue weighted by molar-refractivity contribution is 6.30. The van der Waals surface area contributed by atoms with Crippen molar-refractivity contribution in [3.05, 3.63) is 63.9 Å². The molecule has 1 saturated heterocycles. The molecule has 1 aromatic heterocycles. The standard InChI is InChI=1S/C15H15Cl2N3/c1-15(11-4-7-13(17)18-8-11)14(19-9-20-15)10-2-5-12(16)6-3-10/h2-8,14,19-20H,9H2,1H3. The molecule has 2 heterocycles. The Morgan fingerprint density at radius 3 is 2.55 bits per heavy atom. The molecule has 2 N–H and O–H groups in total. The molecule has 0 saturated carbocycles. The molecule has 0 aliphatic carbocycles. The van der Waals surface area contributed by atoms with E-state index in [1.165, 1.54) is 5.56 Å². The van der Waals surface area contributed by atoms with Crippen LogP contribution in [0.2, 0.25) is 10.2 Å². The van der Waals surface area contributed by atoms with Crippen molar-refractivity contribution in [2.75, 3.05) is 6.67 Å². The molecule has 1 aliphatic heterocycles. The predicted octanol–water partition coefficient (Wildman–Crippen LogP) is 3.50. The Morgan fingerprint density at radius 2 is 1.90 bits per heavy atom. The van der Waals surface area contributed by atoms with E-state index in [2.05, 4.69) is 34.7 Å². The summed E-state index contributed by atoms with van der Waals surface area (Å²) in [5, 5.41) is 8.24. The summed E-state index contributed by atoms with van der Waals surface area (Å²) in [4.78, 5) is 4.19. The van der Waals surface area contributed by atoms with E-state index >= 15 is 0 Å². The van der Waals surface area contributed by atoms with Crippen LogP contribution < -0.4 is 10.6 Å². The van der Waals surface area contributed by atoms with E-state index < -0.39 is 0 Å². The first-order chi connectivity index (χ1) is 9.59. The lowest BCUT2D eigenvalue weighted by Gasteiger charge is -2.31. The molecule has 0 radical (unpaired) electrons. The lowest BCUT2D eigenvalue weighted by molar-refractivity contribution is 0.374. The third kappa shape index (κ3) is 2.42. The lowest BCUT2D eigenvalue weighted by Crippen LogP contribution is -2.38. The van der Waals surface area contributed by atoms with E-state index in [1.807, 2.05) is 30.5 Å². The molecule has 0 amide bonds. The summed E-state index contributed by atoms with van der Waals surface area (Å²) in [6, 6.07) is 11.9. The second-order valence-corrected chi connectivity index (χ2v) is 5.94. The van der Waals surface area contributed by atoms with Crippen LogP contribution in [0.5, 0.6) is 0 Å². The Morgan fingerprint density at radius 1 is 1.15 bits per heavy atom. The molecule has 2 aromatic rings. The number of benzene rings is 1. The molecule has 1 fully saturated rings. The van der Waals surface area contributed by atoms with Crippen LogP contribution in [0.25, 0.3) is 0 Å². The zero-order chi connectivity index (χ0) is 14.2. The predicted molar refractivity (Wildman–Crippen MR) is 81.9 cm³/mol. The minimum atomic E-state index is -0.231. The topological polar surface area (TPSA) is 37.0 Å². The van der Waals surface area contributed by atoms with Gasteiger partial charge in [0, 0.05) is 17.9 Å². The zero-order valence-corrected chi connectivity index (χ0v) is 12.5. The van der Waals surface area contributed by atoms with E-state index in [0.29, 0.717) is 5.15 Å². The van der Waals surface area contributed by atoms with Crippen LogP contribution in [0.1, 0.15) is 24.1 Å². The summed E-state index contributed by atoms with van der Waals surface area (Å²) >= 11 is 11.8. The van der Waals surface area contributed by atoms with Gasteiger partial charge in [0.15, 0.2) is 0 Å². The zero-order valence-electron chi connectivity index (χ0n) is 11.0. The normalized spacial score (nSPS) is 25.9. The van der Waals surface area contributed by atoms with E-state index in [-0.39, 0.29) is 11.6 Å². The van der Waals surface area contributed by atoms with Gasteiger partial charge < -0.3 is 0 Å². The highest BCUT2D eigenvalue weighted by Gasteiger charge is 2.40. The van der Waals surface area contributed by atoms with Crippen LogP contribution in [-0.2, 0) is 5.54 Å². The SMILES string of the molecule is CC1(c2ccc(Cl)nc2)NCNC1c1ccc(Cl)cc1. The van der Waals surface area contributed by atoms with Crippen molar-refractivity contribution in [1.82, 2.24) is 15.6 Å². The van der Waals surface area contributed by atoms with E-state index in [4.69, 9.17) is 23.2 Å². The van der Waals surface area contributed by atoms with Crippen molar-refractivity contribution < 1.29 is 0 Å². The van der Waals surface area contributed by atoms with Gasteiger partial charge in [-0.2, -0.15) is 0 Å². The number of hydrogen-bond acceptors (Lipinski definition) is 3. The maximum atomic E-state index is 5.96. The maximum Gasteiger partial charge on any atom is 0.129 e. The third-order valence-corrected chi connectivity index (χ3v) is 4.35. The maximum absolute atomic E-state index is 5.96. The minimum Gasteiger partial charge on any atom is -0.296 e. The molecule has 3 rings (SSSR count). The van der Waals surface area contributed by atoms with E-state index in [1.54, 1.807) is 0 Å². The Hall–Kier alpha value is -1.13. The second kappa shape index (κ2) is 5.34. The number of rotatable bonds is 2. The van der Waals surface area contributed by atoms with E-state index in [0.717, 1.165) is 17.3 Å². The van der Waals surface area contributed by atoms with Gasteiger partial charge >= 0.3 is 0 Å². The van der Waals surface area contributed by atoms with Crippen LogP contribution >= 0.6 is 23.2 Å². The Labute approximate surface area is 128 Å². The van der Waals surface area contributed by atoms with Gasteiger partial charge in [-0.25, -0.2) is 4.98 Å². The van der Waals surface area contributed by atoms with Gasteiger partial charge in [0.05, 0.1) is 11.6 Å². The first kappa shape index (κ1) is 13.8. The lowest BCUT2D eigenvalue weighted by atomic mass is 9.83. The molecule has 3 nitrogen and oxygen atoms in total. The monoisotopic (exact) mass is 307 g/mol. The largest absolute Gasteiger partial charge is 0.296 e. The summed E-state index contributed by atoms with van der Waals surface area (Å²) < 4.78 is 0. The van der Waals surface area contributed by atoms with Crippen LogP contribution in [0.3, 0.4) is 0 Å². The number of hydrogen-bond donors (Lipinski definition) is 2. The van der Waals surface area contributed by atoms with Gasteiger partial charge in [0.25, 0.3) is 0 Å². The molecule has 2 atom stereocenters. The average molecular weight is 308 g/mol. The fourth-order valence-corrected chi connectivity index (χ4v) is 2.94. The van der Waals surface area contributed by atoms with Crippen molar-refractivity contribution in [2.45, 2.75) is 18.5 Å². The fraction of sp³-hybridized carbons (Fsp3) is 0.267. The fourth-order valence-electron chi connectivity index (χ4n) is 2.70. The average Bonchev–Trinajstić information content (AvgIpc) is 2.84. The van der Waals surface area contributed by atoms with Crippen LogP contribution in [0.4, 0.5) is 0 Å². The van der Waals surface area contributed by atoms with Crippen molar-refractivity contribution in [1.29, 1.82) is 0 Å². The molecule has 1 aliphatic rings. The van der Waals surface area contributed by atoms with Gasteiger partial charge in [0.1, 0.15) is 5.15 Å². The van der Waals surface area contributed by atoms with Gasteiger partial charge in [-0.15, -0.1) is 0 Å². The highest BCUT2D eigenvalue weighted by Crippen LogP contribution is 2.37. The van der Waals surface area contributed by atoms with Gasteiger partial charge in [-0.05, 0) is 36.2 Å². The summed E-state index contributed by atoms with van der Waals surface area (Å²) in [6.07, 6.45) is 1.82. The molecule has 104 valence electrons. The quantitative estimate of drug-likeness (QED) is 0.834. The van der Waals surface area contributed by atoms with Gasteiger partial charge in [-0.1, -0.05) is 41.4 Å². The van der Waals surface area contributed by atoms with Crippen LogP contribution in [-0.4, -0.2) is 11.7 Å².